The minimum absolute atomic E-state index is 0.113. The maximum absolute atomic E-state index is 13.5. The minimum Gasteiger partial charge on any atom is -0.359 e. The Morgan fingerprint density at radius 3 is 2.67 bits per heavy atom. The van der Waals surface area contributed by atoms with Crippen molar-refractivity contribution >= 4 is 11.5 Å². The van der Waals surface area contributed by atoms with Crippen LogP contribution in [0, 0.1) is 11.6 Å². The largest absolute Gasteiger partial charge is 0.359 e. The van der Waals surface area contributed by atoms with Crippen LogP contribution >= 0.6 is 0 Å². The molecule has 0 spiro atoms. The summed E-state index contributed by atoms with van der Waals surface area (Å²) in [7, 11) is 0. The molecule has 1 unspecified atom stereocenters. The predicted octanol–water partition coefficient (Wildman–Crippen LogP) is 2.33. The molecule has 0 fully saturated rings. The number of rotatable bonds is 4. The van der Waals surface area contributed by atoms with Crippen LogP contribution in [0.1, 0.15) is 18.8 Å². The van der Waals surface area contributed by atoms with Gasteiger partial charge in [-0.2, -0.15) is 0 Å². The van der Waals surface area contributed by atoms with Gasteiger partial charge in [0.25, 0.3) is 5.56 Å². The summed E-state index contributed by atoms with van der Waals surface area (Å²) in [6.45, 7) is 1.80. The van der Waals surface area contributed by atoms with E-state index in [0.717, 1.165) is 24.7 Å². The molecule has 4 aromatic rings. The predicted molar refractivity (Wildman–Crippen MR) is 93.0 cm³/mol. The van der Waals surface area contributed by atoms with E-state index >= 15 is 0 Å². The highest BCUT2D eigenvalue weighted by Gasteiger charge is 2.14. The number of nitrogens with one attached hydrogen (secondary N) is 2. The summed E-state index contributed by atoms with van der Waals surface area (Å²) in [4.78, 5) is 26.4. The van der Waals surface area contributed by atoms with Gasteiger partial charge in [-0.3, -0.25) is 4.79 Å². The molecule has 0 aliphatic heterocycles. The van der Waals surface area contributed by atoms with Crippen molar-refractivity contribution in [1.29, 1.82) is 0 Å². The van der Waals surface area contributed by atoms with E-state index in [1.807, 2.05) is 0 Å². The molecular formula is C17H13F2N7O. The molecule has 0 aliphatic carbocycles. The Hall–Kier alpha value is -3.69. The van der Waals surface area contributed by atoms with E-state index in [2.05, 4.69) is 30.4 Å². The summed E-state index contributed by atoms with van der Waals surface area (Å²) in [5, 5.41) is 7.50. The second kappa shape index (κ2) is 6.56. The molecule has 0 amide bonds. The Bertz CT molecular complexity index is 1170. The number of hydrogen-bond donors (Lipinski definition) is 2. The smallest absolute Gasteiger partial charge is 0.257 e. The summed E-state index contributed by atoms with van der Waals surface area (Å²) >= 11 is 0. The molecular weight excluding hydrogens is 356 g/mol. The number of fused-ring (bicyclic) bond motifs is 1. The van der Waals surface area contributed by atoms with E-state index in [0.29, 0.717) is 23.0 Å². The van der Waals surface area contributed by atoms with Crippen LogP contribution in [0.15, 0.2) is 47.8 Å². The van der Waals surface area contributed by atoms with Crippen LogP contribution in [0.3, 0.4) is 0 Å². The van der Waals surface area contributed by atoms with Gasteiger partial charge in [0.1, 0.15) is 17.5 Å². The molecule has 4 rings (SSSR count). The summed E-state index contributed by atoms with van der Waals surface area (Å²) in [5.74, 6) is -0.245. The van der Waals surface area contributed by atoms with Gasteiger partial charge < -0.3 is 10.3 Å². The molecule has 27 heavy (non-hydrogen) atoms. The van der Waals surface area contributed by atoms with Crippen molar-refractivity contribution < 1.29 is 8.78 Å². The molecule has 8 nitrogen and oxygen atoms in total. The van der Waals surface area contributed by atoms with Gasteiger partial charge in [0.2, 0.25) is 0 Å². The van der Waals surface area contributed by atoms with Gasteiger partial charge in [0.15, 0.2) is 11.5 Å². The van der Waals surface area contributed by atoms with Crippen LogP contribution in [0.5, 0.6) is 0 Å². The molecule has 0 saturated heterocycles. The van der Waals surface area contributed by atoms with Gasteiger partial charge >= 0.3 is 0 Å². The van der Waals surface area contributed by atoms with E-state index in [1.165, 1.54) is 10.7 Å². The topological polar surface area (TPSA) is 101 Å². The first-order chi connectivity index (χ1) is 13.0. The second-order valence-electron chi connectivity index (χ2n) is 5.82. The molecule has 0 saturated carbocycles. The average molecular weight is 369 g/mol. The van der Waals surface area contributed by atoms with E-state index in [-0.39, 0.29) is 11.6 Å². The van der Waals surface area contributed by atoms with Crippen molar-refractivity contribution in [3.8, 4) is 11.3 Å². The van der Waals surface area contributed by atoms with E-state index in [4.69, 9.17) is 0 Å². The maximum atomic E-state index is 13.5. The van der Waals surface area contributed by atoms with E-state index in [9.17, 15) is 13.6 Å². The fourth-order valence-corrected chi connectivity index (χ4v) is 2.61. The normalized spacial score (nSPS) is 12.3. The van der Waals surface area contributed by atoms with Crippen molar-refractivity contribution in [1.82, 2.24) is 29.5 Å². The Kier molecular flexibility index (Phi) is 4.07. The summed E-state index contributed by atoms with van der Waals surface area (Å²) in [5.41, 5.74) is 0.499. The molecule has 4 aromatic heterocycles. The summed E-state index contributed by atoms with van der Waals surface area (Å²) < 4.78 is 27.9. The van der Waals surface area contributed by atoms with Crippen molar-refractivity contribution in [3.05, 3.63) is 70.8 Å². The number of nitrogens with zero attached hydrogens (tertiary/aromatic N) is 5. The lowest BCUT2D eigenvalue weighted by atomic mass is 10.2. The first-order valence-corrected chi connectivity index (χ1v) is 7.98. The molecule has 0 bridgehead atoms. The second-order valence-corrected chi connectivity index (χ2v) is 5.82. The lowest BCUT2D eigenvalue weighted by molar-refractivity contribution is 0.604. The number of hydrogen-bond acceptors (Lipinski definition) is 6. The molecule has 0 radical (unpaired) electrons. The lowest BCUT2D eigenvalue weighted by Gasteiger charge is -2.13. The zero-order valence-corrected chi connectivity index (χ0v) is 14.0. The fraction of sp³-hybridized carbons (Fsp3) is 0.118. The first kappa shape index (κ1) is 16.8. The average Bonchev–Trinajstić information content (AvgIpc) is 3.07. The quantitative estimate of drug-likeness (QED) is 0.573. The zero-order valence-electron chi connectivity index (χ0n) is 14.0. The van der Waals surface area contributed by atoms with Crippen molar-refractivity contribution in [3.63, 3.8) is 0 Å². The number of pyridine rings is 1. The number of H-pyrrole nitrogens is 1. The number of aromatic nitrogens is 6. The third-order valence-electron chi connectivity index (χ3n) is 3.90. The van der Waals surface area contributed by atoms with Crippen molar-refractivity contribution in [2.24, 2.45) is 0 Å². The maximum Gasteiger partial charge on any atom is 0.257 e. The van der Waals surface area contributed by atoms with Gasteiger partial charge in [-0.1, -0.05) is 0 Å². The van der Waals surface area contributed by atoms with Crippen LogP contribution < -0.4 is 10.9 Å². The molecule has 136 valence electrons. The lowest BCUT2D eigenvalue weighted by Crippen LogP contribution is -2.13. The highest BCUT2D eigenvalue weighted by molar-refractivity contribution is 5.62. The van der Waals surface area contributed by atoms with Gasteiger partial charge in [0.05, 0.1) is 35.9 Å². The molecule has 0 aromatic carbocycles. The monoisotopic (exact) mass is 369 g/mol. The van der Waals surface area contributed by atoms with Gasteiger partial charge in [0, 0.05) is 6.20 Å². The van der Waals surface area contributed by atoms with Crippen LogP contribution in [-0.2, 0) is 0 Å². The van der Waals surface area contributed by atoms with Gasteiger partial charge in [-0.05, 0) is 25.1 Å². The Morgan fingerprint density at radius 1 is 1.11 bits per heavy atom. The number of imidazole rings is 1. The van der Waals surface area contributed by atoms with Crippen molar-refractivity contribution in [2.75, 3.05) is 5.32 Å². The van der Waals surface area contributed by atoms with Gasteiger partial charge in [-0.15, -0.1) is 5.10 Å². The van der Waals surface area contributed by atoms with Crippen LogP contribution in [0.2, 0.25) is 0 Å². The zero-order chi connectivity index (χ0) is 19.0. The Labute approximate surface area is 151 Å². The highest BCUT2D eigenvalue weighted by atomic mass is 19.1. The van der Waals surface area contributed by atoms with E-state index < -0.39 is 17.2 Å². The highest BCUT2D eigenvalue weighted by Crippen LogP contribution is 2.20. The molecule has 10 heteroatoms. The number of anilines is 1. The third kappa shape index (κ3) is 3.24. The van der Waals surface area contributed by atoms with Crippen LogP contribution in [0.4, 0.5) is 14.6 Å². The third-order valence-corrected chi connectivity index (χ3v) is 3.90. The molecule has 4 heterocycles. The first-order valence-electron chi connectivity index (χ1n) is 7.98. The fourth-order valence-electron chi connectivity index (χ4n) is 2.61. The number of aromatic amines is 1. The summed E-state index contributed by atoms with van der Waals surface area (Å²) in [6.07, 6.45) is 4.60. The molecule has 1 atom stereocenters. The Balaban J connectivity index is 1.70. The van der Waals surface area contributed by atoms with E-state index in [1.54, 1.807) is 19.1 Å². The van der Waals surface area contributed by atoms with Crippen LogP contribution in [0.25, 0.3) is 16.9 Å². The van der Waals surface area contributed by atoms with Crippen LogP contribution in [-0.4, -0.2) is 29.5 Å². The molecule has 2 N–H and O–H groups in total. The minimum atomic E-state index is -0.573. The molecule has 0 aliphatic rings. The number of halogens is 2. The van der Waals surface area contributed by atoms with Gasteiger partial charge in [-0.25, -0.2) is 28.2 Å². The SMILES string of the molecule is CC(Nc1ccc2ncc(-c3cc(F)c[nH]c3=O)n2n1)c1ncc(F)cn1. The summed E-state index contributed by atoms with van der Waals surface area (Å²) in [6, 6.07) is 4.17. The van der Waals surface area contributed by atoms with Crippen molar-refractivity contribution in [2.45, 2.75) is 13.0 Å². The Morgan fingerprint density at radius 2 is 1.89 bits per heavy atom. The standard InChI is InChI=1S/C17H13F2N7O/c1-9(16-21-6-11(19)7-22-16)24-14-2-3-15-20-8-13(26(15)25-14)12-4-10(18)5-23-17(12)27/h2-9H,1H3,(H,23,27)(H,24,25).